The van der Waals surface area contributed by atoms with Gasteiger partial charge in [-0.2, -0.15) is 0 Å². The second-order valence-corrected chi connectivity index (χ2v) is 9.21. The van der Waals surface area contributed by atoms with E-state index in [1.807, 2.05) is 24.0 Å². The number of hydrogen-bond donors (Lipinski definition) is 0. The standard InChI is InChI=1S/C26H34N4O3/c1-4-33-26(32)20-11-14-29(15-12-20)25(31)22-6-5-13-30(17-22)24-10-9-23(27-28-24)21-8-7-18(2)19(3)16-21/h7-10,16,20,22H,4-6,11-15,17H2,1-3H3/t22-/m0/s1. The van der Waals surface area contributed by atoms with Crippen LogP contribution in [0.2, 0.25) is 0 Å². The van der Waals surface area contributed by atoms with Gasteiger partial charge in [0.25, 0.3) is 0 Å². The number of amides is 1. The summed E-state index contributed by atoms with van der Waals surface area (Å²) in [4.78, 5) is 29.3. The number of carbonyl (C=O) groups is 2. The van der Waals surface area contributed by atoms with Crippen LogP contribution in [-0.2, 0) is 14.3 Å². The first kappa shape index (κ1) is 23.2. The maximum absolute atomic E-state index is 13.2. The Bertz CT molecular complexity index is 984. The second-order valence-electron chi connectivity index (χ2n) is 9.21. The van der Waals surface area contributed by atoms with Crippen LogP contribution in [0.3, 0.4) is 0 Å². The molecule has 1 amide bonds. The van der Waals surface area contributed by atoms with E-state index < -0.39 is 0 Å². The molecule has 3 heterocycles. The molecule has 0 radical (unpaired) electrons. The third-order valence-corrected chi connectivity index (χ3v) is 6.97. The largest absolute Gasteiger partial charge is 0.466 e. The summed E-state index contributed by atoms with van der Waals surface area (Å²) in [5.74, 6) is 0.765. The van der Waals surface area contributed by atoms with Crippen molar-refractivity contribution in [1.82, 2.24) is 15.1 Å². The molecule has 0 bridgehead atoms. The smallest absolute Gasteiger partial charge is 0.309 e. The molecular weight excluding hydrogens is 416 g/mol. The van der Waals surface area contributed by atoms with Crippen molar-refractivity contribution in [1.29, 1.82) is 0 Å². The summed E-state index contributed by atoms with van der Waals surface area (Å²) < 4.78 is 5.14. The van der Waals surface area contributed by atoms with E-state index in [0.717, 1.165) is 36.5 Å². The first-order valence-electron chi connectivity index (χ1n) is 12.1. The molecule has 2 fully saturated rings. The minimum absolute atomic E-state index is 0.0425. The van der Waals surface area contributed by atoms with Gasteiger partial charge in [-0.3, -0.25) is 9.59 Å². The number of anilines is 1. The average Bonchev–Trinajstić information content (AvgIpc) is 2.86. The fourth-order valence-electron chi connectivity index (χ4n) is 4.79. The lowest BCUT2D eigenvalue weighted by Crippen LogP contribution is -2.48. The second kappa shape index (κ2) is 10.3. The van der Waals surface area contributed by atoms with E-state index in [1.54, 1.807) is 0 Å². The quantitative estimate of drug-likeness (QED) is 0.646. The molecule has 33 heavy (non-hydrogen) atoms. The van der Waals surface area contributed by atoms with Crippen LogP contribution in [0.5, 0.6) is 0 Å². The number of benzene rings is 1. The predicted octanol–water partition coefficient (Wildman–Crippen LogP) is 3.78. The Morgan fingerprint density at radius 2 is 1.76 bits per heavy atom. The van der Waals surface area contributed by atoms with Crippen LogP contribution in [-0.4, -0.2) is 59.8 Å². The molecule has 176 valence electrons. The van der Waals surface area contributed by atoms with E-state index in [4.69, 9.17) is 4.74 Å². The van der Waals surface area contributed by atoms with Crippen LogP contribution in [0.25, 0.3) is 11.3 Å². The highest BCUT2D eigenvalue weighted by molar-refractivity contribution is 5.80. The molecule has 0 saturated carbocycles. The zero-order chi connectivity index (χ0) is 23.4. The number of nitrogens with zero attached hydrogens (tertiary/aromatic N) is 4. The van der Waals surface area contributed by atoms with Crippen LogP contribution in [0.1, 0.15) is 43.7 Å². The number of piperidine rings is 2. The van der Waals surface area contributed by atoms with Crippen molar-refractivity contribution in [2.24, 2.45) is 11.8 Å². The fraction of sp³-hybridized carbons (Fsp3) is 0.538. The van der Waals surface area contributed by atoms with Crippen LogP contribution >= 0.6 is 0 Å². The first-order valence-corrected chi connectivity index (χ1v) is 12.1. The summed E-state index contributed by atoms with van der Waals surface area (Å²) in [7, 11) is 0. The van der Waals surface area contributed by atoms with E-state index in [9.17, 15) is 9.59 Å². The third-order valence-electron chi connectivity index (χ3n) is 6.97. The van der Waals surface area contributed by atoms with Gasteiger partial charge in [0.2, 0.25) is 5.91 Å². The number of aryl methyl sites for hydroxylation is 2. The van der Waals surface area contributed by atoms with Crippen molar-refractivity contribution in [3.05, 3.63) is 41.5 Å². The minimum Gasteiger partial charge on any atom is -0.466 e. The Kier molecular flexibility index (Phi) is 7.26. The van der Waals surface area contributed by atoms with Gasteiger partial charge >= 0.3 is 5.97 Å². The molecule has 2 aliphatic rings. The fourth-order valence-corrected chi connectivity index (χ4v) is 4.79. The van der Waals surface area contributed by atoms with Crippen molar-refractivity contribution >= 4 is 17.7 Å². The molecule has 7 heteroatoms. The predicted molar refractivity (Wildman–Crippen MR) is 128 cm³/mol. The Morgan fingerprint density at radius 3 is 2.42 bits per heavy atom. The maximum Gasteiger partial charge on any atom is 0.309 e. The topological polar surface area (TPSA) is 75.6 Å². The number of hydrogen-bond acceptors (Lipinski definition) is 6. The summed E-state index contributed by atoms with van der Waals surface area (Å²) in [6.07, 6.45) is 3.22. The number of rotatable bonds is 5. The van der Waals surface area contributed by atoms with Gasteiger partial charge in [0.15, 0.2) is 5.82 Å². The Balaban J connectivity index is 1.36. The maximum atomic E-state index is 13.2. The first-order chi connectivity index (χ1) is 16.0. The summed E-state index contributed by atoms with van der Waals surface area (Å²) in [6.45, 7) is 9.24. The van der Waals surface area contributed by atoms with Gasteiger partial charge in [-0.25, -0.2) is 0 Å². The van der Waals surface area contributed by atoms with Crippen molar-refractivity contribution in [3.63, 3.8) is 0 Å². The lowest BCUT2D eigenvalue weighted by molar-refractivity contribution is -0.151. The van der Waals surface area contributed by atoms with Gasteiger partial charge in [-0.1, -0.05) is 12.1 Å². The molecular formula is C26H34N4O3. The summed E-state index contributed by atoms with van der Waals surface area (Å²) in [5, 5.41) is 8.95. The van der Waals surface area contributed by atoms with Gasteiger partial charge in [0.05, 0.1) is 24.1 Å². The third kappa shape index (κ3) is 5.34. The van der Waals surface area contributed by atoms with Crippen molar-refractivity contribution in [3.8, 4) is 11.3 Å². The summed E-state index contributed by atoms with van der Waals surface area (Å²) in [5.41, 5.74) is 4.42. The minimum atomic E-state index is -0.128. The highest BCUT2D eigenvalue weighted by Crippen LogP contribution is 2.27. The van der Waals surface area contributed by atoms with E-state index in [1.165, 1.54) is 11.1 Å². The molecule has 4 rings (SSSR count). The van der Waals surface area contributed by atoms with Crippen LogP contribution < -0.4 is 4.90 Å². The molecule has 2 saturated heterocycles. The molecule has 0 aliphatic carbocycles. The molecule has 1 aromatic carbocycles. The number of aromatic nitrogens is 2. The molecule has 2 aliphatic heterocycles. The Hall–Kier alpha value is -2.96. The zero-order valence-corrected chi connectivity index (χ0v) is 19.9. The number of carbonyl (C=O) groups excluding carboxylic acids is 2. The van der Waals surface area contributed by atoms with E-state index >= 15 is 0 Å². The summed E-state index contributed by atoms with van der Waals surface area (Å²) in [6, 6.07) is 10.3. The van der Waals surface area contributed by atoms with Gasteiger partial charge < -0.3 is 14.5 Å². The van der Waals surface area contributed by atoms with Gasteiger partial charge in [-0.15, -0.1) is 10.2 Å². The average molecular weight is 451 g/mol. The molecule has 0 unspecified atom stereocenters. The van der Waals surface area contributed by atoms with E-state index in [2.05, 4.69) is 47.1 Å². The van der Waals surface area contributed by atoms with Gasteiger partial charge in [0.1, 0.15) is 0 Å². The monoisotopic (exact) mass is 450 g/mol. The van der Waals surface area contributed by atoms with Gasteiger partial charge in [-0.05, 0) is 75.8 Å². The lowest BCUT2D eigenvalue weighted by atomic mass is 9.93. The highest BCUT2D eigenvalue weighted by atomic mass is 16.5. The number of likely N-dealkylation sites (tertiary alicyclic amines) is 1. The van der Waals surface area contributed by atoms with Crippen LogP contribution in [0, 0.1) is 25.7 Å². The van der Waals surface area contributed by atoms with Crippen LogP contribution in [0.4, 0.5) is 5.82 Å². The normalized spacial score (nSPS) is 19.4. The summed E-state index contributed by atoms with van der Waals surface area (Å²) >= 11 is 0. The van der Waals surface area contributed by atoms with E-state index in [0.29, 0.717) is 39.1 Å². The molecule has 2 aromatic rings. The number of esters is 1. The molecule has 1 aromatic heterocycles. The Morgan fingerprint density at radius 1 is 0.970 bits per heavy atom. The molecule has 7 nitrogen and oxygen atoms in total. The molecule has 0 spiro atoms. The van der Waals surface area contributed by atoms with E-state index in [-0.39, 0.29) is 23.7 Å². The SMILES string of the molecule is CCOC(=O)C1CCN(C(=O)[C@H]2CCCN(c3ccc(-c4ccc(C)c(C)c4)nn3)C2)CC1. The number of ether oxygens (including phenoxy) is 1. The Labute approximate surface area is 196 Å². The lowest BCUT2D eigenvalue weighted by Gasteiger charge is -2.37. The van der Waals surface area contributed by atoms with Crippen molar-refractivity contribution in [2.75, 3.05) is 37.7 Å². The van der Waals surface area contributed by atoms with Crippen molar-refractivity contribution < 1.29 is 14.3 Å². The highest BCUT2D eigenvalue weighted by Gasteiger charge is 2.33. The van der Waals surface area contributed by atoms with Gasteiger partial charge in [0, 0.05) is 31.7 Å². The molecule has 1 atom stereocenters. The zero-order valence-electron chi connectivity index (χ0n) is 19.9. The molecule has 0 N–H and O–H groups in total. The van der Waals surface area contributed by atoms with Crippen molar-refractivity contribution in [2.45, 2.75) is 46.5 Å². The van der Waals surface area contributed by atoms with Crippen LogP contribution in [0.15, 0.2) is 30.3 Å².